The Morgan fingerprint density at radius 3 is 3.00 bits per heavy atom. The van der Waals surface area contributed by atoms with Crippen LogP contribution in [0, 0.1) is 13.8 Å². The molecule has 1 aromatic heterocycles. The summed E-state index contributed by atoms with van der Waals surface area (Å²) >= 11 is 6.28. The van der Waals surface area contributed by atoms with Gasteiger partial charge in [-0.25, -0.2) is 0 Å². The van der Waals surface area contributed by atoms with E-state index in [9.17, 15) is 0 Å². The second-order valence-corrected chi connectivity index (χ2v) is 6.28. The van der Waals surface area contributed by atoms with Crippen molar-refractivity contribution in [3.8, 4) is 0 Å². The molecule has 0 unspecified atom stereocenters. The maximum absolute atomic E-state index is 9.09. The van der Waals surface area contributed by atoms with Crippen LogP contribution in [0.2, 0.25) is 5.02 Å². The van der Waals surface area contributed by atoms with Gasteiger partial charge in [0.15, 0.2) is 0 Å². The van der Waals surface area contributed by atoms with E-state index in [1.54, 1.807) is 0 Å². The lowest BCUT2D eigenvalue weighted by Gasteiger charge is -2.14. The molecule has 5 heteroatoms. The zero-order valence-corrected chi connectivity index (χ0v) is 13.8. The zero-order valence-electron chi connectivity index (χ0n) is 13.1. The SMILES string of the molecule is Cc1nn(CCO)c(C)c1CN[C@@H]1CCc2c(Cl)cccc21. The molecule has 118 valence electrons. The van der Waals surface area contributed by atoms with E-state index in [1.807, 2.05) is 23.7 Å². The van der Waals surface area contributed by atoms with Crippen LogP contribution in [0.5, 0.6) is 0 Å². The van der Waals surface area contributed by atoms with E-state index in [2.05, 4.69) is 23.4 Å². The maximum Gasteiger partial charge on any atom is 0.0644 e. The van der Waals surface area contributed by atoms with Crippen LogP contribution in [-0.4, -0.2) is 21.5 Å². The van der Waals surface area contributed by atoms with E-state index in [0.717, 1.165) is 35.8 Å². The molecule has 0 saturated heterocycles. The molecule has 1 atom stereocenters. The summed E-state index contributed by atoms with van der Waals surface area (Å²) in [6.45, 7) is 5.54. The Labute approximate surface area is 136 Å². The number of rotatable bonds is 5. The van der Waals surface area contributed by atoms with E-state index in [0.29, 0.717) is 12.6 Å². The van der Waals surface area contributed by atoms with Gasteiger partial charge in [-0.3, -0.25) is 4.68 Å². The number of nitrogens with one attached hydrogen (secondary N) is 1. The first-order valence-electron chi connectivity index (χ1n) is 7.76. The highest BCUT2D eigenvalue weighted by Crippen LogP contribution is 2.35. The average Bonchev–Trinajstić information content (AvgIpc) is 3.02. The fraction of sp³-hybridized carbons (Fsp3) is 0.471. The van der Waals surface area contributed by atoms with E-state index >= 15 is 0 Å². The smallest absolute Gasteiger partial charge is 0.0644 e. The van der Waals surface area contributed by atoms with Gasteiger partial charge in [0.25, 0.3) is 0 Å². The summed E-state index contributed by atoms with van der Waals surface area (Å²) in [4.78, 5) is 0. The molecule has 0 fully saturated rings. The van der Waals surface area contributed by atoms with E-state index in [-0.39, 0.29) is 6.61 Å². The molecule has 22 heavy (non-hydrogen) atoms. The molecule has 1 aliphatic rings. The standard InChI is InChI=1S/C17H22ClN3O/c1-11-15(12(2)21(20-11)8-9-22)10-19-17-7-6-13-14(17)4-3-5-16(13)18/h3-5,17,19,22H,6-10H2,1-2H3/t17-/m1/s1. The van der Waals surface area contributed by atoms with Crippen LogP contribution < -0.4 is 5.32 Å². The number of benzene rings is 1. The molecule has 3 rings (SSSR count). The molecule has 4 nitrogen and oxygen atoms in total. The van der Waals surface area contributed by atoms with Gasteiger partial charge in [0.1, 0.15) is 0 Å². The third kappa shape index (κ3) is 2.78. The Morgan fingerprint density at radius 2 is 2.23 bits per heavy atom. The average molecular weight is 320 g/mol. The summed E-state index contributed by atoms with van der Waals surface area (Å²) in [5.41, 5.74) is 5.99. The van der Waals surface area contributed by atoms with Crippen LogP contribution in [0.25, 0.3) is 0 Å². The Kier molecular flexibility index (Phi) is 4.52. The van der Waals surface area contributed by atoms with Gasteiger partial charge < -0.3 is 10.4 Å². The summed E-state index contributed by atoms with van der Waals surface area (Å²) in [7, 11) is 0. The fourth-order valence-corrected chi connectivity index (χ4v) is 3.63. The largest absolute Gasteiger partial charge is 0.394 e. The van der Waals surface area contributed by atoms with Crippen LogP contribution in [-0.2, 0) is 19.5 Å². The van der Waals surface area contributed by atoms with Gasteiger partial charge in [-0.15, -0.1) is 0 Å². The molecular formula is C17H22ClN3O. The molecule has 2 aromatic rings. The fourth-order valence-electron chi connectivity index (χ4n) is 3.35. The predicted octanol–water partition coefficient (Wildman–Crippen LogP) is 2.92. The number of aryl methyl sites for hydroxylation is 1. The third-order valence-corrected chi connectivity index (χ3v) is 4.94. The van der Waals surface area contributed by atoms with Gasteiger partial charge in [0.05, 0.1) is 18.8 Å². The molecule has 0 spiro atoms. The summed E-state index contributed by atoms with van der Waals surface area (Å²) in [5, 5.41) is 18.1. The van der Waals surface area contributed by atoms with Crippen molar-refractivity contribution in [1.29, 1.82) is 0 Å². The molecule has 0 amide bonds. The van der Waals surface area contributed by atoms with E-state index in [4.69, 9.17) is 16.7 Å². The summed E-state index contributed by atoms with van der Waals surface area (Å²) in [6.07, 6.45) is 2.12. The number of aliphatic hydroxyl groups excluding tert-OH is 1. The van der Waals surface area contributed by atoms with Crippen LogP contribution in [0.1, 0.15) is 40.5 Å². The minimum Gasteiger partial charge on any atom is -0.394 e. The molecule has 0 saturated carbocycles. The number of hydrogen-bond donors (Lipinski definition) is 2. The number of halogens is 1. The van der Waals surface area contributed by atoms with Crippen LogP contribution in [0.15, 0.2) is 18.2 Å². The Morgan fingerprint density at radius 1 is 1.41 bits per heavy atom. The minimum atomic E-state index is 0.114. The van der Waals surface area contributed by atoms with E-state index < -0.39 is 0 Å². The molecule has 0 aliphatic heterocycles. The van der Waals surface area contributed by atoms with Gasteiger partial charge in [0.2, 0.25) is 0 Å². The number of hydrogen-bond acceptors (Lipinski definition) is 3. The topological polar surface area (TPSA) is 50.1 Å². The molecule has 1 aromatic carbocycles. The van der Waals surface area contributed by atoms with Crippen molar-refractivity contribution in [1.82, 2.24) is 15.1 Å². The van der Waals surface area contributed by atoms with Crippen molar-refractivity contribution >= 4 is 11.6 Å². The minimum absolute atomic E-state index is 0.114. The third-order valence-electron chi connectivity index (χ3n) is 4.58. The monoisotopic (exact) mass is 319 g/mol. The van der Waals surface area contributed by atoms with Crippen molar-refractivity contribution in [3.05, 3.63) is 51.3 Å². The van der Waals surface area contributed by atoms with Crippen molar-refractivity contribution in [2.45, 2.75) is 45.8 Å². The lowest BCUT2D eigenvalue weighted by molar-refractivity contribution is 0.267. The first kappa shape index (κ1) is 15.5. The highest BCUT2D eigenvalue weighted by molar-refractivity contribution is 6.31. The van der Waals surface area contributed by atoms with Crippen molar-refractivity contribution in [2.75, 3.05) is 6.61 Å². The molecule has 1 aliphatic carbocycles. The summed E-state index contributed by atoms with van der Waals surface area (Å²) in [6, 6.07) is 6.52. The molecule has 1 heterocycles. The van der Waals surface area contributed by atoms with Gasteiger partial charge in [-0.1, -0.05) is 23.7 Å². The highest BCUT2D eigenvalue weighted by Gasteiger charge is 2.24. The van der Waals surface area contributed by atoms with Crippen LogP contribution in [0.3, 0.4) is 0 Å². The molecule has 0 bridgehead atoms. The number of aromatic nitrogens is 2. The number of nitrogens with zero attached hydrogens (tertiary/aromatic N) is 2. The lowest BCUT2D eigenvalue weighted by atomic mass is 10.1. The quantitative estimate of drug-likeness (QED) is 0.891. The Bertz CT molecular complexity index is 681. The van der Waals surface area contributed by atoms with Crippen LogP contribution >= 0.6 is 11.6 Å². The normalized spacial score (nSPS) is 17.0. The highest BCUT2D eigenvalue weighted by atomic mass is 35.5. The summed E-state index contributed by atoms with van der Waals surface area (Å²) < 4.78 is 1.88. The second kappa shape index (κ2) is 6.41. The molecule has 2 N–H and O–H groups in total. The van der Waals surface area contributed by atoms with Gasteiger partial charge in [0, 0.05) is 28.9 Å². The van der Waals surface area contributed by atoms with Crippen LogP contribution in [0.4, 0.5) is 0 Å². The maximum atomic E-state index is 9.09. The lowest BCUT2D eigenvalue weighted by Crippen LogP contribution is -2.19. The summed E-state index contributed by atoms with van der Waals surface area (Å²) in [5.74, 6) is 0. The predicted molar refractivity (Wildman–Crippen MR) is 88.1 cm³/mol. The molecule has 0 radical (unpaired) electrons. The van der Waals surface area contributed by atoms with Crippen molar-refractivity contribution in [3.63, 3.8) is 0 Å². The Hall–Kier alpha value is -1.36. The first-order chi connectivity index (χ1) is 10.6. The number of aliphatic hydroxyl groups is 1. The van der Waals surface area contributed by atoms with Gasteiger partial charge in [-0.05, 0) is 43.9 Å². The van der Waals surface area contributed by atoms with Gasteiger partial charge in [-0.2, -0.15) is 5.10 Å². The zero-order chi connectivity index (χ0) is 15.7. The molecular weight excluding hydrogens is 298 g/mol. The first-order valence-corrected chi connectivity index (χ1v) is 8.14. The van der Waals surface area contributed by atoms with Gasteiger partial charge >= 0.3 is 0 Å². The van der Waals surface area contributed by atoms with Crippen molar-refractivity contribution in [2.24, 2.45) is 0 Å². The van der Waals surface area contributed by atoms with Crippen molar-refractivity contribution < 1.29 is 5.11 Å². The Balaban J connectivity index is 1.74. The number of fused-ring (bicyclic) bond motifs is 1. The van der Waals surface area contributed by atoms with E-state index in [1.165, 1.54) is 16.7 Å². The second-order valence-electron chi connectivity index (χ2n) is 5.88.